The lowest BCUT2D eigenvalue weighted by atomic mass is 9.92. The molecule has 21 heavy (non-hydrogen) atoms. The Hall–Kier alpha value is -2.18. The first-order valence-corrected chi connectivity index (χ1v) is 7.33. The van der Waals surface area contributed by atoms with E-state index in [1.165, 1.54) is 25.1 Å². The number of aromatic nitrogens is 1. The molecule has 1 N–H and O–H groups in total. The van der Waals surface area contributed by atoms with E-state index in [0.29, 0.717) is 12.0 Å². The van der Waals surface area contributed by atoms with E-state index >= 15 is 0 Å². The summed E-state index contributed by atoms with van der Waals surface area (Å²) in [6.07, 6.45) is 8.17. The van der Waals surface area contributed by atoms with Gasteiger partial charge in [-0.2, -0.15) is 0 Å². The van der Waals surface area contributed by atoms with Crippen LogP contribution in [-0.2, 0) is 0 Å². The van der Waals surface area contributed by atoms with E-state index in [9.17, 15) is 14.9 Å². The molecule has 1 aromatic rings. The van der Waals surface area contributed by atoms with Crippen LogP contribution < -0.4 is 5.32 Å². The van der Waals surface area contributed by atoms with Gasteiger partial charge in [-0.15, -0.1) is 0 Å². The molecule has 7 nitrogen and oxygen atoms in total. The van der Waals surface area contributed by atoms with Crippen molar-refractivity contribution in [1.29, 1.82) is 0 Å². The zero-order valence-electron chi connectivity index (χ0n) is 11.7. The highest BCUT2D eigenvalue weighted by atomic mass is 16.6. The van der Waals surface area contributed by atoms with Crippen LogP contribution in [0.25, 0.3) is 0 Å². The topological polar surface area (TPSA) is 88.4 Å². The Morgan fingerprint density at radius 3 is 3.00 bits per heavy atom. The molecule has 0 aromatic carbocycles. The van der Waals surface area contributed by atoms with Crippen molar-refractivity contribution in [2.45, 2.75) is 38.1 Å². The van der Waals surface area contributed by atoms with Gasteiger partial charge in [-0.1, -0.05) is 6.42 Å². The van der Waals surface area contributed by atoms with Crippen LogP contribution in [-0.4, -0.2) is 33.4 Å². The van der Waals surface area contributed by atoms with Crippen molar-refractivity contribution in [2.24, 2.45) is 5.92 Å². The molecule has 0 radical (unpaired) electrons. The zero-order valence-corrected chi connectivity index (χ0v) is 11.7. The van der Waals surface area contributed by atoms with Crippen LogP contribution in [0.15, 0.2) is 18.5 Å². The average Bonchev–Trinajstić information content (AvgIpc) is 2.95. The quantitative estimate of drug-likeness (QED) is 0.670. The molecule has 3 rings (SSSR count). The van der Waals surface area contributed by atoms with Crippen LogP contribution in [0.2, 0.25) is 0 Å². The predicted octanol–water partition coefficient (Wildman–Crippen LogP) is 2.79. The maximum atomic E-state index is 12.5. The SMILES string of the molecule is O=C(Nc1ccncc1[N+](=O)[O-])N1CCC[C@@H]2CCC[C@H]21. The van der Waals surface area contributed by atoms with Crippen LogP contribution in [0.4, 0.5) is 16.2 Å². The van der Waals surface area contributed by atoms with Gasteiger partial charge in [-0.3, -0.25) is 15.1 Å². The third-order valence-corrected chi connectivity index (χ3v) is 4.49. The fourth-order valence-corrected chi connectivity index (χ4v) is 3.53. The number of amides is 2. The molecule has 1 aliphatic carbocycles. The van der Waals surface area contributed by atoms with Gasteiger partial charge in [0.15, 0.2) is 0 Å². The zero-order chi connectivity index (χ0) is 14.8. The van der Waals surface area contributed by atoms with Crippen molar-refractivity contribution in [3.8, 4) is 0 Å². The van der Waals surface area contributed by atoms with Crippen LogP contribution in [0.5, 0.6) is 0 Å². The second-order valence-electron chi connectivity index (χ2n) is 5.67. The highest BCUT2D eigenvalue weighted by Gasteiger charge is 2.37. The van der Waals surface area contributed by atoms with Gasteiger partial charge in [0, 0.05) is 18.8 Å². The van der Waals surface area contributed by atoms with E-state index in [0.717, 1.165) is 32.0 Å². The third kappa shape index (κ3) is 2.68. The summed E-state index contributed by atoms with van der Waals surface area (Å²) in [7, 11) is 0. The number of carbonyl (C=O) groups is 1. The Morgan fingerprint density at radius 1 is 1.38 bits per heavy atom. The van der Waals surface area contributed by atoms with Crippen molar-refractivity contribution in [3.05, 3.63) is 28.6 Å². The van der Waals surface area contributed by atoms with Gasteiger partial charge < -0.3 is 10.2 Å². The van der Waals surface area contributed by atoms with Gasteiger partial charge in [0.1, 0.15) is 11.9 Å². The average molecular weight is 290 g/mol. The second kappa shape index (κ2) is 5.67. The van der Waals surface area contributed by atoms with Crippen LogP contribution in [0.3, 0.4) is 0 Å². The van der Waals surface area contributed by atoms with Gasteiger partial charge in [-0.25, -0.2) is 4.79 Å². The summed E-state index contributed by atoms with van der Waals surface area (Å²) >= 11 is 0. The number of hydrogen-bond donors (Lipinski definition) is 1. The summed E-state index contributed by atoms with van der Waals surface area (Å²) in [4.78, 5) is 28.5. The lowest BCUT2D eigenvalue weighted by Crippen LogP contribution is -2.48. The second-order valence-corrected chi connectivity index (χ2v) is 5.67. The number of nitrogens with zero attached hydrogens (tertiary/aromatic N) is 3. The number of piperidine rings is 1. The first-order chi connectivity index (χ1) is 10.2. The molecule has 1 saturated heterocycles. The van der Waals surface area contributed by atoms with Gasteiger partial charge in [0.25, 0.3) is 0 Å². The number of pyridine rings is 1. The molecule has 2 aliphatic rings. The van der Waals surface area contributed by atoms with Gasteiger partial charge >= 0.3 is 11.7 Å². The lowest BCUT2D eigenvalue weighted by Gasteiger charge is -2.37. The number of carbonyl (C=O) groups excluding carboxylic acids is 1. The van der Waals surface area contributed by atoms with Crippen LogP contribution >= 0.6 is 0 Å². The van der Waals surface area contributed by atoms with E-state index in [-0.39, 0.29) is 17.4 Å². The smallest absolute Gasteiger partial charge is 0.321 e. The molecule has 2 amide bonds. The molecule has 2 atom stereocenters. The molecule has 0 spiro atoms. The maximum Gasteiger partial charge on any atom is 0.322 e. The highest BCUT2D eigenvalue weighted by Crippen LogP contribution is 2.37. The molecule has 2 fully saturated rings. The monoisotopic (exact) mass is 290 g/mol. The summed E-state index contributed by atoms with van der Waals surface area (Å²) in [5, 5.41) is 13.6. The number of hydrogen-bond acceptors (Lipinski definition) is 4. The number of likely N-dealkylation sites (tertiary alicyclic amines) is 1. The Morgan fingerprint density at radius 2 is 2.19 bits per heavy atom. The van der Waals surface area contributed by atoms with Gasteiger partial charge in [0.2, 0.25) is 0 Å². The van der Waals surface area contributed by atoms with E-state index in [4.69, 9.17) is 0 Å². The fraction of sp³-hybridized carbons (Fsp3) is 0.571. The Balaban J connectivity index is 1.76. The third-order valence-electron chi connectivity index (χ3n) is 4.49. The first-order valence-electron chi connectivity index (χ1n) is 7.33. The number of fused-ring (bicyclic) bond motifs is 1. The van der Waals surface area contributed by atoms with E-state index in [2.05, 4.69) is 10.3 Å². The number of nitro groups is 1. The minimum Gasteiger partial charge on any atom is -0.321 e. The van der Waals surface area contributed by atoms with Crippen molar-refractivity contribution in [1.82, 2.24) is 9.88 Å². The largest absolute Gasteiger partial charge is 0.322 e. The normalized spacial score (nSPS) is 24.5. The van der Waals surface area contributed by atoms with Crippen LogP contribution in [0.1, 0.15) is 32.1 Å². The van der Waals surface area contributed by atoms with Gasteiger partial charge in [-0.05, 0) is 37.7 Å². The fourth-order valence-electron chi connectivity index (χ4n) is 3.53. The van der Waals surface area contributed by atoms with E-state index in [1.807, 2.05) is 4.90 Å². The maximum absolute atomic E-state index is 12.5. The van der Waals surface area contributed by atoms with E-state index in [1.54, 1.807) is 0 Å². The predicted molar refractivity (Wildman–Crippen MR) is 77.0 cm³/mol. The summed E-state index contributed by atoms with van der Waals surface area (Å²) in [5.41, 5.74) is 0.0333. The number of nitrogens with one attached hydrogen (secondary N) is 1. The summed E-state index contributed by atoms with van der Waals surface area (Å²) in [6.45, 7) is 0.728. The molecule has 0 bridgehead atoms. The lowest BCUT2D eigenvalue weighted by molar-refractivity contribution is -0.384. The molecule has 112 valence electrons. The standard InChI is InChI=1S/C14H18N4O3/c19-14(16-11-6-7-15-9-13(11)18(20)21)17-8-2-4-10-3-1-5-12(10)17/h6-7,9-10,12H,1-5,8H2,(H,15,16,19)/t10-,12+/m0/s1. The molecular formula is C14H18N4O3. The van der Waals surface area contributed by atoms with Crippen molar-refractivity contribution in [2.75, 3.05) is 11.9 Å². The number of rotatable bonds is 2. The molecular weight excluding hydrogens is 272 g/mol. The summed E-state index contributed by atoms with van der Waals surface area (Å²) in [6, 6.07) is 1.52. The molecule has 7 heteroatoms. The Bertz CT molecular complexity index is 563. The molecule has 1 aromatic heterocycles. The number of urea groups is 1. The van der Waals surface area contributed by atoms with Crippen molar-refractivity contribution in [3.63, 3.8) is 0 Å². The molecule has 0 unspecified atom stereocenters. The molecule has 1 aliphatic heterocycles. The van der Waals surface area contributed by atoms with Crippen LogP contribution in [0, 0.1) is 16.0 Å². The molecule has 1 saturated carbocycles. The highest BCUT2D eigenvalue weighted by molar-refractivity contribution is 5.91. The van der Waals surface area contributed by atoms with Gasteiger partial charge in [0.05, 0.1) is 4.92 Å². The summed E-state index contributed by atoms with van der Waals surface area (Å²) in [5.74, 6) is 0.594. The van der Waals surface area contributed by atoms with Crippen molar-refractivity contribution < 1.29 is 9.72 Å². The Kier molecular flexibility index (Phi) is 3.72. The van der Waals surface area contributed by atoms with E-state index < -0.39 is 4.92 Å². The first kappa shape index (κ1) is 13.8. The van der Waals surface area contributed by atoms with Crippen molar-refractivity contribution >= 4 is 17.4 Å². The number of anilines is 1. The Labute approximate surface area is 122 Å². The minimum atomic E-state index is -0.531. The molecule has 2 heterocycles. The summed E-state index contributed by atoms with van der Waals surface area (Å²) < 4.78 is 0. The minimum absolute atomic E-state index is 0.175.